The molecule has 2 aromatic rings. The summed E-state index contributed by atoms with van der Waals surface area (Å²) in [6.07, 6.45) is 1.27. The monoisotopic (exact) mass is 437 g/mol. The van der Waals surface area contributed by atoms with Crippen molar-refractivity contribution in [3.05, 3.63) is 76.8 Å². The second kappa shape index (κ2) is 9.59. The first-order chi connectivity index (χ1) is 15.1. The fraction of sp³-hybridized carbons (Fsp3) is 0.333. The molecular formula is C24H28BNO6. The zero-order chi connectivity index (χ0) is 23.4. The van der Waals surface area contributed by atoms with Crippen LogP contribution in [-0.4, -0.2) is 42.0 Å². The number of hydrogen-bond donors (Lipinski definition) is 2. The molecule has 0 atom stereocenters. The number of ether oxygens (including phenoxy) is 1. The highest BCUT2D eigenvalue weighted by molar-refractivity contribution is 6.56. The summed E-state index contributed by atoms with van der Waals surface area (Å²) in [6.45, 7) is 8.12. The quantitative estimate of drug-likeness (QED) is 0.627. The smallest absolute Gasteiger partial charge is 0.478 e. The topological polar surface area (TPSA) is 94.1 Å². The predicted molar refractivity (Wildman–Crippen MR) is 122 cm³/mol. The molecule has 0 spiro atoms. The summed E-state index contributed by atoms with van der Waals surface area (Å²) in [5.74, 6) is -0.991. The van der Waals surface area contributed by atoms with Gasteiger partial charge in [-0.3, -0.25) is 0 Å². The van der Waals surface area contributed by atoms with E-state index < -0.39 is 30.4 Å². The first-order valence-corrected chi connectivity index (χ1v) is 10.4. The molecule has 0 radical (unpaired) electrons. The van der Waals surface area contributed by atoms with E-state index in [4.69, 9.17) is 19.2 Å². The van der Waals surface area contributed by atoms with Crippen LogP contribution in [0.15, 0.2) is 60.1 Å². The maximum atomic E-state index is 12.3. The van der Waals surface area contributed by atoms with Gasteiger partial charge in [-0.05, 0) is 56.4 Å². The summed E-state index contributed by atoms with van der Waals surface area (Å²) in [4.78, 5) is 23.4. The van der Waals surface area contributed by atoms with E-state index in [-0.39, 0.29) is 18.7 Å². The van der Waals surface area contributed by atoms with Crippen molar-refractivity contribution in [2.24, 2.45) is 0 Å². The second-order valence-corrected chi connectivity index (χ2v) is 8.65. The third-order valence-corrected chi connectivity index (χ3v) is 5.72. The van der Waals surface area contributed by atoms with Gasteiger partial charge in [0, 0.05) is 6.54 Å². The zero-order valence-electron chi connectivity index (χ0n) is 18.8. The van der Waals surface area contributed by atoms with Gasteiger partial charge in [-0.15, -0.1) is 0 Å². The summed E-state index contributed by atoms with van der Waals surface area (Å²) < 4.78 is 17.6. The Kier molecular flexibility index (Phi) is 7.06. The van der Waals surface area contributed by atoms with Crippen LogP contribution in [0.5, 0.6) is 0 Å². The average molecular weight is 437 g/mol. The molecule has 2 aromatic carbocycles. The molecule has 0 bridgehead atoms. The molecular weight excluding hydrogens is 409 g/mol. The van der Waals surface area contributed by atoms with Crippen LogP contribution in [0.2, 0.25) is 0 Å². The standard InChI is InChI=1S/C24H28BNO6/c1-23(2)24(3,4)32-25(31-23)20(14-17-10-12-19(13-11-17)21(27)28)15-26-22(29)30-16-18-8-6-5-7-9-18/h5-14H,15-16H2,1-4H3,(H,26,29)(H,27,28). The predicted octanol–water partition coefficient (Wildman–Crippen LogP) is 4.33. The van der Waals surface area contributed by atoms with Gasteiger partial charge in [0.15, 0.2) is 0 Å². The van der Waals surface area contributed by atoms with Crippen LogP contribution in [0.25, 0.3) is 6.08 Å². The van der Waals surface area contributed by atoms with Gasteiger partial charge in [-0.1, -0.05) is 48.5 Å². The molecule has 168 valence electrons. The van der Waals surface area contributed by atoms with Gasteiger partial charge >= 0.3 is 19.2 Å². The van der Waals surface area contributed by atoms with Crippen molar-refractivity contribution in [2.45, 2.75) is 45.5 Å². The van der Waals surface area contributed by atoms with Crippen molar-refractivity contribution < 1.29 is 28.7 Å². The van der Waals surface area contributed by atoms with E-state index in [0.29, 0.717) is 5.47 Å². The van der Waals surface area contributed by atoms with E-state index in [1.165, 1.54) is 12.1 Å². The first-order valence-electron chi connectivity index (χ1n) is 10.4. The number of aromatic carboxylic acids is 1. The number of carbonyl (C=O) groups excluding carboxylic acids is 1. The molecule has 1 heterocycles. The Bertz CT molecular complexity index is 969. The van der Waals surface area contributed by atoms with E-state index in [0.717, 1.165) is 11.1 Å². The molecule has 0 aliphatic carbocycles. The lowest BCUT2D eigenvalue weighted by atomic mass is 9.77. The number of carboxylic acid groups (broad SMARTS) is 1. The molecule has 0 saturated carbocycles. The van der Waals surface area contributed by atoms with Gasteiger partial charge in [0.1, 0.15) is 6.61 Å². The molecule has 0 aromatic heterocycles. The van der Waals surface area contributed by atoms with Crippen LogP contribution in [0.3, 0.4) is 0 Å². The van der Waals surface area contributed by atoms with Crippen molar-refractivity contribution >= 4 is 25.3 Å². The van der Waals surface area contributed by atoms with Crippen LogP contribution in [-0.2, 0) is 20.7 Å². The van der Waals surface area contributed by atoms with Crippen LogP contribution in [0, 0.1) is 0 Å². The van der Waals surface area contributed by atoms with Crippen LogP contribution in [0.4, 0.5) is 4.79 Å². The summed E-state index contributed by atoms with van der Waals surface area (Å²) in [5.41, 5.74) is 1.45. The normalized spacial score (nSPS) is 17.1. The Morgan fingerprint density at radius 3 is 2.16 bits per heavy atom. The van der Waals surface area contributed by atoms with Gasteiger partial charge in [0.05, 0.1) is 16.8 Å². The van der Waals surface area contributed by atoms with E-state index >= 15 is 0 Å². The Balaban J connectivity index is 1.73. The molecule has 1 amide bonds. The van der Waals surface area contributed by atoms with Crippen molar-refractivity contribution in [2.75, 3.05) is 6.54 Å². The highest BCUT2D eigenvalue weighted by Gasteiger charge is 2.52. The van der Waals surface area contributed by atoms with E-state index in [1.54, 1.807) is 12.1 Å². The maximum absolute atomic E-state index is 12.3. The summed E-state index contributed by atoms with van der Waals surface area (Å²) >= 11 is 0. The number of carboxylic acids is 1. The van der Waals surface area contributed by atoms with E-state index in [1.807, 2.05) is 64.1 Å². The molecule has 1 saturated heterocycles. The number of amides is 1. The highest BCUT2D eigenvalue weighted by Crippen LogP contribution is 2.38. The Morgan fingerprint density at radius 1 is 1.00 bits per heavy atom. The lowest BCUT2D eigenvalue weighted by Gasteiger charge is -2.32. The molecule has 32 heavy (non-hydrogen) atoms. The molecule has 1 fully saturated rings. The Morgan fingerprint density at radius 2 is 1.59 bits per heavy atom. The minimum absolute atomic E-state index is 0.144. The number of alkyl carbamates (subject to hydrolysis) is 1. The van der Waals surface area contributed by atoms with Crippen molar-refractivity contribution in [1.82, 2.24) is 5.32 Å². The van der Waals surface area contributed by atoms with Gasteiger partial charge in [0.2, 0.25) is 0 Å². The second-order valence-electron chi connectivity index (χ2n) is 8.65. The van der Waals surface area contributed by atoms with Gasteiger partial charge in [-0.25, -0.2) is 9.59 Å². The molecule has 1 aliphatic heterocycles. The minimum Gasteiger partial charge on any atom is -0.478 e. The SMILES string of the molecule is CC1(C)OB(C(=Cc2ccc(C(=O)O)cc2)CNC(=O)OCc2ccccc2)OC1(C)C. The summed E-state index contributed by atoms with van der Waals surface area (Å²) in [5, 5.41) is 11.9. The molecule has 0 unspecified atom stereocenters. The van der Waals surface area contributed by atoms with Crippen LogP contribution < -0.4 is 5.32 Å². The molecule has 3 rings (SSSR count). The van der Waals surface area contributed by atoms with Gasteiger partial charge in [-0.2, -0.15) is 0 Å². The summed E-state index contributed by atoms with van der Waals surface area (Å²) in [7, 11) is -0.673. The molecule has 2 N–H and O–H groups in total. The first kappa shape index (κ1) is 23.6. The van der Waals surface area contributed by atoms with Crippen molar-refractivity contribution in [3.8, 4) is 0 Å². The number of hydrogen-bond acceptors (Lipinski definition) is 5. The maximum Gasteiger partial charge on any atom is 0.492 e. The fourth-order valence-corrected chi connectivity index (χ4v) is 3.08. The average Bonchev–Trinajstić information content (AvgIpc) is 2.97. The molecule has 8 heteroatoms. The van der Waals surface area contributed by atoms with Crippen LogP contribution in [0.1, 0.15) is 49.2 Å². The Labute approximate surface area is 188 Å². The third kappa shape index (κ3) is 5.78. The highest BCUT2D eigenvalue weighted by atomic mass is 16.7. The number of benzene rings is 2. The fourth-order valence-electron chi connectivity index (χ4n) is 3.08. The molecule has 7 nitrogen and oxygen atoms in total. The third-order valence-electron chi connectivity index (χ3n) is 5.72. The van der Waals surface area contributed by atoms with E-state index in [2.05, 4.69) is 5.32 Å². The molecule has 1 aliphatic rings. The van der Waals surface area contributed by atoms with Crippen molar-refractivity contribution in [1.29, 1.82) is 0 Å². The van der Waals surface area contributed by atoms with Gasteiger partial charge in [0.25, 0.3) is 0 Å². The zero-order valence-corrected chi connectivity index (χ0v) is 18.8. The number of rotatable bonds is 7. The number of nitrogens with one attached hydrogen (secondary N) is 1. The van der Waals surface area contributed by atoms with E-state index in [9.17, 15) is 9.59 Å². The van der Waals surface area contributed by atoms with Crippen molar-refractivity contribution in [3.63, 3.8) is 0 Å². The largest absolute Gasteiger partial charge is 0.492 e. The lowest BCUT2D eigenvalue weighted by Crippen LogP contribution is -2.41. The summed E-state index contributed by atoms with van der Waals surface area (Å²) in [6, 6.07) is 15.9. The Hall–Kier alpha value is -3.10. The van der Waals surface area contributed by atoms with Gasteiger partial charge < -0.3 is 24.5 Å². The van der Waals surface area contributed by atoms with Crippen LogP contribution >= 0.6 is 0 Å². The minimum atomic E-state index is -0.991. The lowest BCUT2D eigenvalue weighted by molar-refractivity contribution is 0.00578. The number of carbonyl (C=O) groups is 2.